The first-order valence-electron chi connectivity index (χ1n) is 9.47. The third kappa shape index (κ3) is 5.54. The Kier molecular flexibility index (Phi) is 7.41. The Hall–Kier alpha value is -1.89. The summed E-state index contributed by atoms with van der Waals surface area (Å²) in [4.78, 5) is 38.2. The summed E-state index contributed by atoms with van der Waals surface area (Å²) in [5.74, 6) is -0.724. The lowest BCUT2D eigenvalue weighted by Crippen LogP contribution is -2.44. The molecule has 27 heavy (non-hydrogen) atoms. The van der Waals surface area contributed by atoms with Gasteiger partial charge in [-0.2, -0.15) is 0 Å². The van der Waals surface area contributed by atoms with Crippen molar-refractivity contribution in [3.05, 3.63) is 28.2 Å². The lowest BCUT2D eigenvalue weighted by molar-refractivity contribution is -0.133. The van der Waals surface area contributed by atoms with E-state index in [9.17, 15) is 14.4 Å². The van der Waals surface area contributed by atoms with E-state index in [-0.39, 0.29) is 12.5 Å². The van der Waals surface area contributed by atoms with Crippen LogP contribution in [0.15, 0.2) is 22.7 Å². The summed E-state index contributed by atoms with van der Waals surface area (Å²) in [6, 6.07) is 4.93. The fourth-order valence-electron chi connectivity index (χ4n) is 3.21. The van der Waals surface area contributed by atoms with Crippen LogP contribution in [0, 0.1) is 6.92 Å². The number of halogens is 1. The Bertz CT molecular complexity index is 722. The first-order chi connectivity index (χ1) is 12.8. The van der Waals surface area contributed by atoms with Crippen molar-refractivity contribution in [2.45, 2.75) is 64.8 Å². The maximum Gasteiger partial charge on any atom is 0.325 e. The molecule has 148 valence electrons. The number of urea groups is 1. The number of imide groups is 1. The second-order valence-electron chi connectivity index (χ2n) is 7.33. The van der Waals surface area contributed by atoms with Crippen LogP contribution in [-0.2, 0) is 9.59 Å². The molecule has 2 N–H and O–H groups in total. The number of unbranched alkanes of at least 4 members (excludes halogenated alkanes) is 4. The highest BCUT2D eigenvalue weighted by atomic mass is 79.9. The SMILES string of the molecule is CCCCCCCC1(C)NC(=O)N(CC(=O)Nc2ccc(Br)c(C)c2)C1=O. The van der Waals surface area contributed by atoms with Gasteiger partial charge in [0.25, 0.3) is 5.91 Å². The summed E-state index contributed by atoms with van der Waals surface area (Å²) in [6.45, 7) is 5.53. The average molecular weight is 438 g/mol. The highest BCUT2D eigenvalue weighted by Gasteiger charge is 2.47. The molecule has 0 saturated carbocycles. The molecule has 1 aliphatic heterocycles. The summed E-state index contributed by atoms with van der Waals surface area (Å²) in [7, 11) is 0. The van der Waals surface area contributed by atoms with Crippen LogP contribution >= 0.6 is 15.9 Å². The zero-order valence-electron chi connectivity index (χ0n) is 16.2. The molecule has 1 atom stereocenters. The van der Waals surface area contributed by atoms with Gasteiger partial charge in [-0.3, -0.25) is 14.5 Å². The topological polar surface area (TPSA) is 78.5 Å². The van der Waals surface area contributed by atoms with E-state index in [1.165, 1.54) is 6.42 Å². The lowest BCUT2D eigenvalue weighted by Gasteiger charge is -2.21. The van der Waals surface area contributed by atoms with Gasteiger partial charge >= 0.3 is 6.03 Å². The van der Waals surface area contributed by atoms with Gasteiger partial charge in [0, 0.05) is 10.2 Å². The van der Waals surface area contributed by atoms with E-state index >= 15 is 0 Å². The molecule has 4 amide bonds. The van der Waals surface area contributed by atoms with Crippen molar-refractivity contribution in [3.63, 3.8) is 0 Å². The molecular weight excluding hydrogens is 410 g/mol. The van der Waals surface area contributed by atoms with Gasteiger partial charge in [-0.05, 0) is 44.0 Å². The van der Waals surface area contributed by atoms with E-state index in [2.05, 4.69) is 33.5 Å². The van der Waals surface area contributed by atoms with Gasteiger partial charge in [0.05, 0.1) is 0 Å². The third-order valence-electron chi connectivity index (χ3n) is 4.87. The predicted molar refractivity (Wildman–Crippen MR) is 110 cm³/mol. The van der Waals surface area contributed by atoms with Crippen LogP contribution in [0.2, 0.25) is 0 Å². The first-order valence-corrected chi connectivity index (χ1v) is 10.3. The zero-order valence-corrected chi connectivity index (χ0v) is 17.8. The number of nitrogens with one attached hydrogen (secondary N) is 2. The van der Waals surface area contributed by atoms with Crippen LogP contribution in [0.5, 0.6) is 0 Å². The number of amides is 4. The maximum absolute atomic E-state index is 12.7. The molecular formula is C20H28BrN3O3. The molecule has 2 rings (SSSR count). The third-order valence-corrected chi connectivity index (χ3v) is 5.76. The molecule has 1 unspecified atom stereocenters. The number of rotatable bonds is 9. The molecule has 0 radical (unpaired) electrons. The van der Waals surface area contributed by atoms with Crippen molar-refractivity contribution in [1.29, 1.82) is 0 Å². The average Bonchev–Trinajstić information content (AvgIpc) is 2.81. The van der Waals surface area contributed by atoms with Gasteiger partial charge in [-0.25, -0.2) is 4.79 Å². The highest BCUT2D eigenvalue weighted by Crippen LogP contribution is 2.24. The molecule has 7 heteroatoms. The first kappa shape index (κ1) is 21.4. The maximum atomic E-state index is 12.7. The highest BCUT2D eigenvalue weighted by molar-refractivity contribution is 9.10. The molecule has 0 bridgehead atoms. The fourth-order valence-corrected chi connectivity index (χ4v) is 3.46. The summed E-state index contributed by atoms with van der Waals surface area (Å²) < 4.78 is 0.948. The molecule has 6 nitrogen and oxygen atoms in total. The van der Waals surface area contributed by atoms with E-state index in [1.807, 2.05) is 19.1 Å². The Morgan fingerprint density at radius 3 is 2.59 bits per heavy atom. The summed E-state index contributed by atoms with van der Waals surface area (Å²) in [5.41, 5.74) is 0.697. The number of nitrogens with zero attached hydrogens (tertiary/aromatic N) is 1. The minimum Gasteiger partial charge on any atom is -0.325 e. The van der Waals surface area contributed by atoms with Crippen molar-refractivity contribution in [1.82, 2.24) is 10.2 Å². The molecule has 0 spiro atoms. The van der Waals surface area contributed by atoms with Crippen LogP contribution in [-0.4, -0.2) is 34.8 Å². The van der Waals surface area contributed by atoms with Gasteiger partial charge in [0.15, 0.2) is 0 Å². The van der Waals surface area contributed by atoms with Crippen LogP contribution in [0.1, 0.15) is 57.9 Å². The molecule has 1 fully saturated rings. The summed E-state index contributed by atoms with van der Waals surface area (Å²) in [6.07, 6.45) is 5.97. The molecule has 1 aliphatic rings. The number of hydrogen-bond acceptors (Lipinski definition) is 3. The van der Waals surface area contributed by atoms with E-state index in [0.29, 0.717) is 12.1 Å². The molecule has 0 aromatic heterocycles. The largest absolute Gasteiger partial charge is 0.325 e. The van der Waals surface area contributed by atoms with Crippen molar-refractivity contribution in [3.8, 4) is 0 Å². The van der Waals surface area contributed by atoms with E-state index in [4.69, 9.17) is 0 Å². The standard InChI is InChI=1S/C20H28BrN3O3/c1-4-5-6-7-8-11-20(3)18(26)24(19(27)23-20)13-17(25)22-15-9-10-16(21)14(2)12-15/h9-10,12H,4-8,11,13H2,1-3H3,(H,22,25)(H,23,27). The Morgan fingerprint density at radius 2 is 1.93 bits per heavy atom. The van der Waals surface area contributed by atoms with Crippen LogP contribution in [0.4, 0.5) is 10.5 Å². The van der Waals surface area contributed by atoms with Crippen LogP contribution in [0.3, 0.4) is 0 Å². The van der Waals surface area contributed by atoms with E-state index in [0.717, 1.165) is 40.6 Å². The smallest absolute Gasteiger partial charge is 0.325 e. The summed E-state index contributed by atoms with van der Waals surface area (Å²) >= 11 is 3.41. The predicted octanol–water partition coefficient (Wildman–Crippen LogP) is 4.37. The number of anilines is 1. The number of carbonyl (C=O) groups excluding carboxylic acids is 3. The minimum absolute atomic E-state index is 0.287. The number of carbonyl (C=O) groups is 3. The van der Waals surface area contributed by atoms with Gasteiger partial charge in [0.1, 0.15) is 12.1 Å². The van der Waals surface area contributed by atoms with E-state index in [1.54, 1.807) is 13.0 Å². The molecule has 1 aromatic rings. The van der Waals surface area contributed by atoms with Crippen molar-refractivity contribution < 1.29 is 14.4 Å². The van der Waals surface area contributed by atoms with E-state index < -0.39 is 17.5 Å². The van der Waals surface area contributed by atoms with Gasteiger partial charge in [-0.1, -0.05) is 55.0 Å². The Balaban J connectivity index is 1.91. The summed E-state index contributed by atoms with van der Waals surface area (Å²) in [5, 5.41) is 5.50. The fraction of sp³-hybridized carbons (Fsp3) is 0.550. The lowest BCUT2D eigenvalue weighted by atomic mass is 9.94. The van der Waals surface area contributed by atoms with Crippen molar-refractivity contribution in [2.75, 3.05) is 11.9 Å². The van der Waals surface area contributed by atoms with Gasteiger partial charge in [-0.15, -0.1) is 0 Å². The normalized spacial score (nSPS) is 19.3. The molecule has 1 saturated heterocycles. The second kappa shape index (κ2) is 9.35. The van der Waals surface area contributed by atoms with Gasteiger partial charge < -0.3 is 10.6 Å². The molecule has 1 heterocycles. The molecule has 0 aliphatic carbocycles. The molecule has 1 aromatic carbocycles. The monoisotopic (exact) mass is 437 g/mol. The van der Waals surface area contributed by atoms with Crippen LogP contribution < -0.4 is 10.6 Å². The van der Waals surface area contributed by atoms with Crippen molar-refractivity contribution >= 4 is 39.5 Å². The number of hydrogen-bond donors (Lipinski definition) is 2. The van der Waals surface area contributed by atoms with Crippen LogP contribution in [0.25, 0.3) is 0 Å². The van der Waals surface area contributed by atoms with Gasteiger partial charge in [0.2, 0.25) is 5.91 Å². The minimum atomic E-state index is -0.919. The Morgan fingerprint density at radius 1 is 1.22 bits per heavy atom. The second-order valence-corrected chi connectivity index (χ2v) is 8.18. The number of benzene rings is 1. The Labute approximate surface area is 169 Å². The number of aryl methyl sites for hydroxylation is 1. The quantitative estimate of drug-likeness (QED) is 0.444. The van der Waals surface area contributed by atoms with Crippen molar-refractivity contribution in [2.24, 2.45) is 0 Å². The zero-order chi connectivity index (χ0) is 20.0.